The summed E-state index contributed by atoms with van der Waals surface area (Å²) in [5.74, 6) is 1.22. The van der Waals surface area contributed by atoms with Crippen molar-refractivity contribution in [2.45, 2.75) is 56.3 Å². The van der Waals surface area contributed by atoms with Crippen LogP contribution in [-0.2, 0) is 16.1 Å². The Morgan fingerprint density at radius 2 is 2.04 bits per heavy atom. The van der Waals surface area contributed by atoms with Gasteiger partial charge in [-0.05, 0) is 31.4 Å². The fourth-order valence-corrected chi connectivity index (χ4v) is 4.10. The van der Waals surface area contributed by atoms with Crippen LogP contribution in [0.15, 0.2) is 29.7 Å². The summed E-state index contributed by atoms with van der Waals surface area (Å²) in [6, 6.07) is 4.17. The largest absolute Gasteiger partial charge is 0.385 e. The van der Waals surface area contributed by atoms with E-state index in [2.05, 4.69) is 25.1 Å². The van der Waals surface area contributed by atoms with E-state index in [0.717, 1.165) is 42.4 Å². The number of thioether (sulfide) groups is 1. The van der Waals surface area contributed by atoms with E-state index in [4.69, 9.17) is 4.74 Å². The fourth-order valence-electron chi connectivity index (χ4n) is 3.32. The molecule has 27 heavy (non-hydrogen) atoms. The number of ether oxygens (including phenoxy) is 1. The van der Waals surface area contributed by atoms with Crippen molar-refractivity contribution in [3.05, 3.63) is 24.5 Å². The van der Waals surface area contributed by atoms with Crippen molar-refractivity contribution in [2.24, 2.45) is 0 Å². The van der Waals surface area contributed by atoms with Gasteiger partial charge in [-0.1, -0.05) is 31.0 Å². The van der Waals surface area contributed by atoms with E-state index in [0.29, 0.717) is 18.4 Å². The van der Waals surface area contributed by atoms with Crippen LogP contribution in [0.25, 0.3) is 11.4 Å². The zero-order valence-corrected chi connectivity index (χ0v) is 16.6. The predicted molar refractivity (Wildman–Crippen MR) is 105 cm³/mol. The highest BCUT2D eigenvalue weighted by molar-refractivity contribution is 7.99. The number of amides is 1. The zero-order chi connectivity index (χ0) is 18.9. The maximum Gasteiger partial charge on any atom is 0.230 e. The first-order chi connectivity index (χ1) is 13.3. The quantitative estimate of drug-likeness (QED) is 0.525. The van der Waals surface area contributed by atoms with Gasteiger partial charge in [0.05, 0.1) is 5.75 Å². The summed E-state index contributed by atoms with van der Waals surface area (Å²) >= 11 is 1.44. The highest BCUT2D eigenvalue weighted by Crippen LogP contribution is 2.24. The minimum absolute atomic E-state index is 0.0730. The number of carbonyl (C=O) groups is 1. The van der Waals surface area contributed by atoms with Crippen LogP contribution < -0.4 is 5.32 Å². The molecule has 2 aromatic rings. The van der Waals surface area contributed by atoms with Gasteiger partial charge in [-0.15, -0.1) is 10.2 Å². The molecule has 8 heteroatoms. The third-order valence-electron chi connectivity index (χ3n) is 4.69. The van der Waals surface area contributed by atoms with Crippen LogP contribution in [0.3, 0.4) is 0 Å². The standard InChI is InChI=1S/C19H27N5O2S/c1-26-13-5-12-24-18(15-8-10-20-11-9-15)22-23-19(24)27-14-17(25)21-16-6-3-2-4-7-16/h8-11,16H,2-7,12-14H2,1H3,(H,21,25). The Balaban J connectivity index is 1.64. The van der Waals surface area contributed by atoms with Crippen molar-refractivity contribution >= 4 is 17.7 Å². The Morgan fingerprint density at radius 1 is 1.26 bits per heavy atom. The smallest absolute Gasteiger partial charge is 0.230 e. The minimum atomic E-state index is 0.0730. The summed E-state index contributed by atoms with van der Waals surface area (Å²) in [4.78, 5) is 16.4. The number of pyridine rings is 1. The van der Waals surface area contributed by atoms with E-state index in [1.54, 1.807) is 19.5 Å². The lowest BCUT2D eigenvalue weighted by Crippen LogP contribution is -2.37. The molecular formula is C19H27N5O2S. The summed E-state index contributed by atoms with van der Waals surface area (Å²) in [7, 11) is 1.70. The first-order valence-corrected chi connectivity index (χ1v) is 10.5. The Labute approximate surface area is 164 Å². The zero-order valence-electron chi connectivity index (χ0n) is 15.8. The molecular weight excluding hydrogens is 362 g/mol. The highest BCUT2D eigenvalue weighted by atomic mass is 32.2. The first-order valence-electron chi connectivity index (χ1n) is 9.52. The number of aromatic nitrogens is 4. The van der Waals surface area contributed by atoms with Gasteiger partial charge in [0.2, 0.25) is 5.91 Å². The SMILES string of the molecule is COCCCn1c(SCC(=O)NC2CCCCC2)nnc1-c1ccncc1. The molecule has 0 unspecified atom stereocenters. The van der Waals surface area contributed by atoms with Gasteiger partial charge in [-0.3, -0.25) is 9.78 Å². The number of hydrogen-bond acceptors (Lipinski definition) is 6. The second-order valence-corrected chi connectivity index (χ2v) is 7.67. The number of hydrogen-bond donors (Lipinski definition) is 1. The van der Waals surface area contributed by atoms with Crippen molar-refractivity contribution < 1.29 is 9.53 Å². The molecule has 0 aromatic carbocycles. The molecule has 1 fully saturated rings. The van der Waals surface area contributed by atoms with E-state index >= 15 is 0 Å². The lowest BCUT2D eigenvalue weighted by Gasteiger charge is -2.22. The molecule has 1 saturated carbocycles. The van der Waals surface area contributed by atoms with E-state index in [-0.39, 0.29) is 5.91 Å². The highest BCUT2D eigenvalue weighted by Gasteiger charge is 2.18. The summed E-state index contributed by atoms with van der Waals surface area (Å²) in [5.41, 5.74) is 0.966. The Morgan fingerprint density at radius 3 is 2.78 bits per heavy atom. The van der Waals surface area contributed by atoms with Gasteiger partial charge >= 0.3 is 0 Å². The second-order valence-electron chi connectivity index (χ2n) is 6.73. The van der Waals surface area contributed by atoms with Crippen molar-refractivity contribution in [2.75, 3.05) is 19.5 Å². The van der Waals surface area contributed by atoms with Crippen LogP contribution in [0.2, 0.25) is 0 Å². The predicted octanol–water partition coefficient (Wildman–Crippen LogP) is 2.92. The van der Waals surface area contributed by atoms with E-state index in [1.165, 1.54) is 31.0 Å². The molecule has 2 aromatic heterocycles. The molecule has 1 amide bonds. The third kappa shape index (κ3) is 5.77. The number of methoxy groups -OCH3 is 1. The summed E-state index contributed by atoms with van der Waals surface area (Å²) in [5, 5.41) is 12.6. The van der Waals surface area contributed by atoms with Crippen LogP contribution in [0.4, 0.5) is 0 Å². The molecule has 0 spiro atoms. The molecule has 2 heterocycles. The van der Waals surface area contributed by atoms with Crippen LogP contribution in [0.1, 0.15) is 38.5 Å². The molecule has 0 aliphatic heterocycles. The van der Waals surface area contributed by atoms with Gasteiger partial charge in [0.25, 0.3) is 0 Å². The molecule has 1 N–H and O–H groups in total. The molecule has 146 valence electrons. The maximum atomic E-state index is 12.3. The topological polar surface area (TPSA) is 81.9 Å². The molecule has 3 rings (SSSR count). The van der Waals surface area contributed by atoms with Gasteiger partial charge < -0.3 is 14.6 Å². The van der Waals surface area contributed by atoms with Crippen LogP contribution in [0, 0.1) is 0 Å². The van der Waals surface area contributed by atoms with Crippen molar-refractivity contribution in [1.82, 2.24) is 25.1 Å². The number of carbonyl (C=O) groups excluding carboxylic acids is 1. The molecule has 0 bridgehead atoms. The number of nitrogens with one attached hydrogen (secondary N) is 1. The normalized spacial score (nSPS) is 15.0. The molecule has 0 atom stereocenters. The van der Waals surface area contributed by atoms with Gasteiger partial charge in [-0.2, -0.15) is 0 Å². The average Bonchev–Trinajstić information content (AvgIpc) is 3.11. The molecule has 7 nitrogen and oxygen atoms in total. The molecule has 0 saturated heterocycles. The Bertz CT molecular complexity index is 716. The fraction of sp³-hybridized carbons (Fsp3) is 0.579. The molecule has 1 aliphatic carbocycles. The van der Waals surface area contributed by atoms with Gasteiger partial charge in [0, 0.05) is 44.3 Å². The van der Waals surface area contributed by atoms with E-state index in [9.17, 15) is 4.79 Å². The average molecular weight is 390 g/mol. The van der Waals surface area contributed by atoms with Gasteiger partial charge in [0.1, 0.15) is 0 Å². The second kappa shape index (κ2) is 10.4. The Hall–Kier alpha value is -1.93. The lowest BCUT2D eigenvalue weighted by atomic mass is 9.95. The van der Waals surface area contributed by atoms with Crippen LogP contribution >= 0.6 is 11.8 Å². The monoisotopic (exact) mass is 389 g/mol. The van der Waals surface area contributed by atoms with Crippen molar-refractivity contribution in [3.8, 4) is 11.4 Å². The molecule has 1 aliphatic rings. The maximum absolute atomic E-state index is 12.3. The summed E-state index contributed by atoms with van der Waals surface area (Å²) < 4.78 is 7.24. The third-order valence-corrected chi connectivity index (χ3v) is 5.65. The van der Waals surface area contributed by atoms with Gasteiger partial charge in [-0.25, -0.2) is 0 Å². The van der Waals surface area contributed by atoms with Crippen LogP contribution in [-0.4, -0.2) is 51.2 Å². The summed E-state index contributed by atoms with van der Waals surface area (Å²) in [6.07, 6.45) is 10.2. The minimum Gasteiger partial charge on any atom is -0.385 e. The van der Waals surface area contributed by atoms with Crippen LogP contribution in [0.5, 0.6) is 0 Å². The lowest BCUT2D eigenvalue weighted by molar-refractivity contribution is -0.119. The number of nitrogens with zero attached hydrogens (tertiary/aromatic N) is 4. The van der Waals surface area contributed by atoms with Crippen molar-refractivity contribution in [3.63, 3.8) is 0 Å². The Kier molecular flexibility index (Phi) is 7.65. The van der Waals surface area contributed by atoms with Crippen molar-refractivity contribution in [1.29, 1.82) is 0 Å². The number of rotatable bonds is 9. The molecule has 0 radical (unpaired) electrons. The van der Waals surface area contributed by atoms with E-state index < -0.39 is 0 Å². The first kappa shape index (κ1) is 19.8. The van der Waals surface area contributed by atoms with E-state index in [1.807, 2.05) is 12.1 Å². The summed E-state index contributed by atoms with van der Waals surface area (Å²) in [6.45, 7) is 1.41. The van der Waals surface area contributed by atoms with Gasteiger partial charge in [0.15, 0.2) is 11.0 Å².